The Balaban J connectivity index is 1.25. The first-order valence-corrected chi connectivity index (χ1v) is 29.3. The Morgan fingerprint density at radius 1 is 0.355 bits per heavy atom. The number of benzene rings is 9. The van der Waals surface area contributed by atoms with Gasteiger partial charge in [0.2, 0.25) is 0 Å². The number of hydrogen-bond acceptors (Lipinski definition) is 3. The SMILES string of the molecule is [C-]#[N+]c1cc(N2c3cccc[c]3[Ge]([c]3ccccc3)([c]3ccccc3)[c]3ccccc32)c(N2c3cccc[c]3[Ge]([c]3ccccc3)([c]3ccccc3)[c]3ccccc32)cc1C#N. The van der Waals surface area contributed by atoms with Gasteiger partial charge in [-0.15, -0.1) is 0 Å². The van der Waals surface area contributed by atoms with Crippen molar-refractivity contribution in [2.75, 3.05) is 9.80 Å². The van der Waals surface area contributed by atoms with Crippen LogP contribution in [-0.2, 0) is 0 Å². The van der Waals surface area contributed by atoms with Crippen molar-refractivity contribution in [1.29, 1.82) is 5.26 Å². The number of fused-ring (bicyclic) bond motifs is 4. The van der Waals surface area contributed by atoms with Gasteiger partial charge in [0, 0.05) is 0 Å². The molecule has 0 amide bonds. The minimum atomic E-state index is -3.71. The van der Waals surface area contributed by atoms with Crippen molar-refractivity contribution >= 4 is 102 Å². The van der Waals surface area contributed by atoms with E-state index in [0.29, 0.717) is 11.3 Å². The number of rotatable bonds is 6. The number of anilines is 6. The van der Waals surface area contributed by atoms with Crippen LogP contribution in [0.5, 0.6) is 0 Å². The van der Waals surface area contributed by atoms with Crippen LogP contribution in [0.1, 0.15) is 5.56 Å². The van der Waals surface area contributed by atoms with Gasteiger partial charge < -0.3 is 0 Å². The molecule has 2 aliphatic rings. The predicted molar refractivity (Wildman–Crippen MR) is 261 cm³/mol. The third-order valence-electron chi connectivity index (χ3n) is 12.8. The van der Waals surface area contributed by atoms with Crippen molar-refractivity contribution in [2.45, 2.75) is 0 Å². The van der Waals surface area contributed by atoms with Gasteiger partial charge in [-0.05, 0) is 0 Å². The Morgan fingerprint density at radius 3 is 0.919 bits per heavy atom. The van der Waals surface area contributed by atoms with Crippen molar-refractivity contribution in [1.82, 2.24) is 0 Å². The van der Waals surface area contributed by atoms with Gasteiger partial charge in [-0.1, -0.05) is 0 Å². The van der Waals surface area contributed by atoms with Gasteiger partial charge in [-0.25, -0.2) is 0 Å². The maximum absolute atomic E-state index is 10.8. The van der Waals surface area contributed by atoms with E-state index in [9.17, 15) is 5.26 Å². The van der Waals surface area contributed by atoms with Gasteiger partial charge in [-0.3, -0.25) is 0 Å². The fraction of sp³-hybridized carbons (Fsp3) is 0. The second kappa shape index (κ2) is 15.3. The third-order valence-corrected chi connectivity index (χ3v) is 33.2. The van der Waals surface area contributed by atoms with Crippen LogP contribution in [0.2, 0.25) is 0 Å². The quantitative estimate of drug-likeness (QED) is 0.124. The molecule has 11 rings (SSSR count). The molecule has 0 atom stereocenters. The summed E-state index contributed by atoms with van der Waals surface area (Å²) in [6.07, 6.45) is 0. The molecule has 62 heavy (non-hydrogen) atoms. The Labute approximate surface area is 367 Å². The molecule has 0 spiro atoms. The van der Waals surface area contributed by atoms with Crippen molar-refractivity contribution in [2.24, 2.45) is 0 Å². The van der Waals surface area contributed by atoms with Crippen molar-refractivity contribution in [3.63, 3.8) is 0 Å². The summed E-state index contributed by atoms with van der Waals surface area (Å²) < 4.78 is 10.6. The van der Waals surface area contributed by atoms with Gasteiger partial charge >= 0.3 is 370 Å². The van der Waals surface area contributed by atoms with Crippen LogP contribution in [0.4, 0.5) is 39.8 Å². The van der Waals surface area contributed by atoms with Crippen LogP contribution in [-0.4, -0.2) is 26.5 Å². The van der Waals surface area contributed by atoms with Crippen molar-refractivity contribution in [3.8, 4) is 6.07 Å². The molecule has 2 heterocycles. The molecule has 0 saturated carbocycles. The zero-order chi connectivity index (χ0) is 41.7. The topological polar surface area (TPSA) is 34.6 Å². The molecule has 6 heteroatoms. The Morgan fingerprint density at radius 2 is 0.629 bits per heavy atom. The van der Waals surface area contributed by atoms with Gasteiger partial charge in [0.05, 0.1) is 0 Å². The molecular weight excluding hydrogens is 874 g/mol. The summed E-state index contributed by atoms with van der Waals surface area (Å²) >= 11 is -7.41. The molecule has 9 aromatic rings. The summed E-state index contributed by atoms with van der Waals surface area (Å²) in [5, 5.41) is 10.8. The van der Waals surface area contributed by atoms with Crippen LogP contribution in [0.15, 0.2) is 231 Å². The van der Waals surface area contributed by atoms with E-state index < -0.39 is 26.5 Å². The minimum absolute atomic E-state index is 0.324. The summed E-state index contributed by atoms with van der Waals surface area (Å²) in [4.78, 5) is 8.78. The van der Waals surface area contributed by atoms with E-state index in [4.69, 9.17) is 6.57 Å². The molecule has 0 aliphatic carbocycles. The van der Waals surface area contributed by atoms with E-state index in [1.165, 1.54) is 35.2 Å². The summed E-state index contributed by atoms with van der Waals surface area (Å²) in [5.41, 5.74) is 6.69. The average molecular weight is 912 g/mol. The van der Waals surface area contributed by atoms with Gasteiger partial charge in [0.1, 0.15) is 0 Å². The first-order valence-electron chi connectivity index (χ1n) is 20.9. The molecule has 9 aromatic carbocycles. The first kappa shape index (κ1) is 37.6. The van der Waals surface area contributed by atoms with Crippen LogP contribution >= 0.6 is 0 Å². The van der Waals surface area contributed by atoms with Crippen molar-refractivity contribution < 1.29 is 0 Å². The number of nitriles is 1. The normalized spacial score (nSPS) is 14.0. The maximum atomic E-state index is 10.8. The fourth-order valence-corrected chi connectivity index (χ4v) is 31.9. The van der Waals surface area contributed by atoms with Crippen LogP contribution in [0.25, 0.3) is 4.85 Å². The Kier molecular flexibility index (Phi) is 9.27. The van der Waals surface area contributed by atoms with Gasteiger partial charge in [0.15, 0.2) is 0 Å². The monoisotopic (exact) mass is 914 g/mol. The molecule has 0 N–H and O–H groups in total. The van der Waals surface area contributed by atoms with Crippen LogP contribution < -0.4 is 45.0 Å². The standard InChI is InChI=1S/C56H38Ge2N4/c1-60-50-39-56(62-53-36-20-16-32-48(53)58(44-26-10-4-11-27-44,45-28-12-5-13-29-45)49-33-17-21-37-54(49)62)55(38-41(50)40-59)61-51-34-18-14-30-46(51)57(42-22-6-2-7-23-42,43-24-8-3-9-25-43)47-31-15-19-35-52(47)61/h2-39H. The van der Waals surface area contributed by atoms with Gasteiger partial charge in [0.25, 0.3) is 0 Å². The molecule has 0 radical (unpaired) electrons. The molecule has 0 saturated heterocycles. The Hall–Kier alpha value is -7.35. The molecule has 290 valence electrons. The van der Waals surface area contributed by atoms with E-state index in [2.05, 4.69) is 239 Å². The summed E-state index contributed by atoms with van der Waals surface area (Å²) in [6.45, 7) is 8.43. The second-order valence-electron chi connectivity index (χ2n) is 15.8. The molecule has 0 aromatic heterocycles. The first-order chi connectivity index (χ1) is 30.7. The van der Waals surface area contributed by atoms with Gasteiger partial charge in [-0.2, -0.15) is 0 Å². The number of nitrogens with zero attached hydrogens (tertiary/aromatic N) is 4. The van der Waals surface area contributed by atoms with Crippen LogP contribution in [0, 0.1) is 17.9 Å². The predicted octanol–water partition coefficient (Wildman–Crippen LogP) is 8.43. The molecular formula is C56H38Ge2N4. The zero-order valence-corrected chi connectivity index (χ0v) is 37.9. The molecule has 0 unspecified atom stereocenters. The zero-order valence-electron chi connectivity index (χ0n) is 33.7. The van der Waals surface area contributed by atoms with E-state index in [-0.39, 0.29) is 0 Å². The average Bonchev–Trinajstić information content (AvgIpc) is 3.35. The molecule has 4 nitrogen and oxygen atoms in total. The van der Waals surface area contributed by atoms with E-state index in [1.54, 1.807) is 0 Å². The molecule has 0 bridgehead atoms. The number of para-hydroxylation sites is 4. The second-order valence-corrected chi connectivity index (χ2v) is 31.4. The third kappa shape index (κ3) is 5.44. The van der Waals surface area contributed by atoms with E-state index in [1.807, 2.05) is 12.1 Å². The summed E-state index contributed by atoms with van der Waals surface area (Å²) in [5.74, 6) is 0. The fourth-order valence-electron chi connectivity index (χ4n) is 10.4. The summed E-state index contributed by atoms with van der Waals surface area (Å²) in [7, 11) is 0. The summed E-state index contributed by atoms with van der Waals surface area (Å²) in [6, 6.07) is 86.3. The van der Waals surface area contributed by atoms with E-state index >= 15 is 0 Å². The Bertz CT molecular complexity index is 2830. The van der Waals surface area contributed by atoms with Crippen LogP contribution in [0.3, 0.4) is 0 Å². The van der Waals surface area contributed by atoms with Crippen molar-refractivity contribution in [3.05, 3.63) is 248 Å². The van der Waals surface area contributed by atoms with E-state index in [0.717, 1.165) is 34.1 Å². The molecule has 2 aliphatic heterocycles. The molecule has 0 fully saturated rings. The number of hydrogen-bond donors (Lipinski definition) is 0.